The molecule has 1 aromatic heterocycles. The quantitative estimate of drug-likeness (QED) is 0.123. The number of nitrogens with one attached hydrogen (secondary N) is 1. The maximum Gasteiger partial charge on any atom is 0.345 e. The summed E-state index contributed by atoms with van der Waals surface area (Å²) in [7, 11) is -3.15. The standard InChI is InChI=1S/C18H27Cl2N2O5PS2/c1-3-26-28(23,27-4-2)13-21-30-18-22-14-11-15(24-9-5-7-19)16(12-17(14)29-18)25-10-6-8-20/h11-12,21H,3-10,13H2,1-2H3. The van der Waals surface area contributed by atoms with Crippen LogP contribution in [0, 0.1) is 0 Å². The first kappa shape index (κ1) is 26.0. The van der Waals surface area contributed by atoms with E-state index in [9.17, 15) is 4.57 Å². The van der Waals surface area contributed by atoms with E-state index >= 15 is 0 Å². The molecule has 0 radical (unpaired) electrons. The molecule has 2 aromatic rings. The average Bonchev–Trinajstić information content (AvgIpc) is 3.10. The van der Waals surface area contributed by atoms with Crippen molar-refractivity contribution >= 4 is 64.3 Å². The summed E-state index contributed by atoms with van der Waals surface area (Å²) in [5.41, 5.74) is 0.799. The Bertz CT molecular complexity index is 770. The number of halogens is 2. The molecule has 0 aliphatic carbocycles. The van der Waals surface area contributed by atoms with Gasteiger partial charge in [0.1, 0.15) is 6.29 Å². The highest BCUT2D eigenvalue weighted by atomic mass is 35.5. The number of nitrogens with zero attached hydrogens (tertiary/aromatic N) is 1. The summed E-state index contributed by atoms with van der Waals surface area (Å²) >= 11 is 14.3. The number of ether oxygens (including phenoxy) is 2. The summed E-state index contributed by atoms with van der Waals surface area (Å²) in [6.45, 7) is 5.22. The number of benzene rings is 1. The topological polar surface area (TPSA) is 78.9 Å². The van der Waals surface area contributed by atoms with Crippen molar-refractivity contribution in [3.63, 3.8) is 0 Å². The summed E-state index contributed by atoms with van der Waals surface area (Å²) in [6, 6.07) is 3.79. The molecule has 0 spiro atoms. The van der Waals surface area contributed by atoms with Gasteiger partial charge in [0.15, 0.2) is 15.8 Å². The molecular weight excluding hydrogens is 490 g/mol. The number of hydrogen-bond donors (Lipinski definition) is 1. The fourth-order valence-electron chi connectivity index (χ4n) is 2.35. The molecule has 0 amide bonds. The van der Waals surface area contributed by atoms with E-state index in [0.717, 1.165) is 27.4 Å². The van der Waals surface area contributed by atoms with Crippen molar-refractivity contribution in [1.29, 1.82) is 0 Å². The van der Waals surface area contributed by atoms with Gasteiger partial charge in [-0.15, -0.1) is 34.5 Å². The largest absolute Gasteiger partial charge is 0.490 e. The van der Waals surface area contributed by atoms with Gasteiger partial charge in [-0.2, -0.15) is 0 Å². The number of fused-ring (bicyclic) bond motifs is 1. The molecule has 170 valence electrons. The van der Waals surface area contributed by atoms with Crippen LogP contribution < -0.4 is 14.2 Å². The summed E-state index contributed by atoms with van der Waals surface area (Å²) < 4.78 is 39.5. The highest BCUT2D eigenvalue weighted by Crippen LogP contribution is 2.47. The number of thiazole rings is 1. The minimum Gasteiger partial charge on any atom is -0.490 e. The van der Waals surface area contributed by atoms with Crippen LogP contribution in [0.15, 0.2) is 16.5 Å². The zero-order chi connectivity index (χ0) is 21.8. The van der Waals surface area contributed by atoms with Crippen molar-refractivity contribution in [2.24, 2.45) is 0 Å². The molecule has 0 unspecified atom stereocenters. The number of rotatable bonds is 16. The lowest BCUT2D eigenvalue weighted by molar-refractivity contribution is 0.220. The third-order valence-corrected chi connectivity index (χ3v) is 8.04. The molecule has 0 aliphatic rings. The second kappa shape index (κ2) is 14.0. The lowest BCUT2D eigenvalue weighted by Crippen LogP contribution is -2.10. The third-order valence-electron chi connectivity index (χ3n) is 3.57. The van der Waals surface area contributed by atoms with Gasteiger partial charge in [0, 0.05) is 23.9 Å². The molecule has 0 saturated carbocycles. The van der Waals surface area contributed by atoms with Crippen molar-refractivity contribution in [1.82, 2.24) is 9.71 Å². The minimum atomic E-state index is -3.15. The normalized spacial score (nSPS) is 11.9. The smallest absolute Gasteiger partial charge is 0.345 e. The molecule has 1 aromatic carbocycles. The van der Waals surface area contributed by atoms with Gasteiger partial charge in [-0.25, -0.2) is 9.71 Å². The van der Waals surface area contributed by atoms with Crippen LogP contribution in [0.3, 0.4) is 0 Å². The van der Waals surface area contributed by atoms with E-state index in [4.69, 9.17) is 41.7 Å². The summed E-state index contributed by atoms with van der Waals surface area (Å²) in [4.78, 5) is 4.62. The predicted molar refractivity (Wildman–Crippen MR) is 126 cm³/mol. The zero-order valence-corrected chi connectivity index (χ0v) is 21.1. The lowest BCUT2D eigenvalue weighted by atomic mass is 10.3. The van der Waals surface area contributed by atoms with E-state index in [0.29, 0.717) is 49.7 Å². The van der Waals surface area contributed by atoms with E-state index in [1.165, 1.54) is 23.3 Å². The van der Waals surface area contributed by atoms with Crippen LogP contribution in [0.4, 0.5) is 0 Å². The van der Waals surface area contributed by atoms with E-state index in [1.54, 1.807) is 13.8 Å². The highest BCUT2D eigenvalue weighted by molar-refractivity contribution is 7.99. The van der Waals surface area contributed by atoms with E-state index in [2.05, 4.69) is 9.71 Å². The van der Waals surface area contributed by atoms with Crippen LogP contribution in [-0.2, 0) is 13.6 Å². The monoisotopic (exact) mass is 516 g/mol. The maximum absolute atomic E-state index is 12.5. The molecule has 0 bridgehead atoms. The van der Waals surface area contributed by atoms with Gasteiger partial charge in [0.2, 0.25) is 0 Å². The van der Waals surface area contributed by atoms with Crippen LogP contribution in [0.5, 0.6) is 11.5 Å². The first-order chi connectivity index (χ1) is 14.5. The van der Waals surface area contributed by atoms with E-state index in [-0.39, 0.29) is 6.29 Å². The molecule has 0 atom stereocenters. The van der Waals surface area contributed by atoms with Crippen molar-refractivity contribution in [3.8, 4) is 11.5 Å². The third kappa shape index (κ3) is 8.36. The zero-order valence-electron chi connectivity index (χ0n) is 17.0. The van der Waals surface area contributed by atoms with Gasteiger partial charge in [-0.3, -0.25) is 4.57 Å². The maximum atomic E-state index is 12.5. The predicted octanol–water partition coefficient (Wildman–Crippen LogP) is 6.13. The van der Waals surface area contributed by atoms with Crippen molar-refractivity contribution in [2.45, 2.75) is 31.0 Å². The van der Waals surface area contributed by atoms with Gasteiger partial charge < -0.3 is 18.5 Å². The molecule has 12 heteroatoms. The van der Waals surface area contributed by atoms with Crippen molar-refractivity contribution in [3.05, 3.63) is 12.1 Å². The van der Waals surface area contributed by atoms with E-state index < -0.39 is 7.60 Å². The molecule has 1 heterocycles. The van der Waals surface area contributed by atoms with Crippen LogP contribution in [0.2, 0.25) is 0 Å². The summed E-state index contributed by atoms with van der Waals surface area (Å²) in [5.74, 6) is 2.36. The van der Waals surface area contributed by atoms with Crippen LogP contribution in [-0.4, -0.2) is 49.5 Å². The van der Waals surface area contributed by atoms with E-state index in [1.807, 2.05) is 12.1 Å². The first-order valence-corrected chi connectivity index (χ1v) is 14.1. The number of hydrogen-bond acceptors (Lipinski definition) is 9. The molecule has 7 nitrogen and oxygen atoms in total. The Morgan fingerprint density at radius 2 is 1.67 bits per heavy atom. The highest BCUT2D eigenvalue weighted by Gasteiger charge is 2.23. The Labute approximate surface area is 195 Å². The van der Waals surface area contributed by atoms with Gasteiger partial charge in [-0.1, -0.05) is 0 Å². The molecule has 1 N–H and O–H groups in total. The van der Waals surface area contributed by atoms with Gasteiger partial charge in [0.05, 0.1) is 36.6 Å². The van der Waals surface area contributed by atoms with Crippen molar-refractivity contribution < 1.29 is 23.1 Å². The Kier molecular flexibility index (Phi) is 12.1. The van der Waals surface area contributed by atoms with Crippen LogP contribution in [0.1, 0.15) is 26.7 Å². The minimum absolute atomic E-state index is 0.0921. The fourth-order valence-corrected chi connectivity index (χ4v) is 6.09. The Morgan fingerprint density at radius 1 is 1.07 bits per heavy atom. The molecule has 0 aliphatic heterocycles. The second-order valence-corrected chi connectivity index (χ2v) is 10.9. The van der Waals surface area contributed by atoms with Crippen LogP contribution >= 0.6 is 54.1 Å². The number of alkyl halides is 2. The lowest BCUT2D eigenvalue weighted by Gasteiger charge is -2.16. The summed E-state index contributed by atoms with van der Waals surface area (Å²) in [5, 5.41) is 0. The Morgan fingerprint density at radius 3 is 2.23 bits per heavy atom. The Hall–Kier alpha value is -0.250. The first-order valence-electron chi connectivity index (χ1n) is 9.65. The SMILES string of the molecule is CCOP(=O)(CNSc1nc2cc(OCCCCl)c(OCCCCl)cc2s1)OCC. The molecule has 0 saturated heterocycles. The molecule has 0 fully saturated rings. The van der Waals surface area contributed by atoms with Gasteiger partial charge in [-0.05, 0) is 38.6 Å². The summed E-state index contributed by atoms with van der Waals surface area (Å²) in [6.07, 6.45) is 1.57. The van der Waals surface area contributed by atoms with Gasteiger partial charge in [0.25, 0.3) is 0 Å². The van der Waals surface area contributed by atoms with Crippen LogP contribution in [0.25, 0.3) is 10.2 Å². The molecular formula is C18H27Cl2N2O5PS2. The second-order valence-electron chi connectivity index (χ2n) is 5.88. The number of aromatic nitrogens is 1. The molecule has 30 heavy (non-hydrogen) atoms. The molecule has 2 rings (SSSR count). The Balaban J connectivity index is 2.10. The van der Waals surface area contributed by atoms with Gasteiger partial charge >= 0.3 is 7.60 Å². The van der Waals surface area contributed by atoms with Crippen molar-refractivity contribution in [2.75, 3.05) is 44.5 Å². The fraction of sp³-hybridized carbons (Fsp3) is 0.611. The average molecular weight is 517 g/mol.